The van der Waals surface area contributed by atoms with Crippen molar-refractivity contribution in [2.45, 2.75) is 12.2 Å². The van der Waals surface area contributed by atoms with Crippen LogP contribution in [-0.4, -0.2) is 42.3 Å². The fraction of sp³-hybridized carbons (Fsp3) is 0.455. The van der Waals surface area contributed by atoms with Gasteiger partial charge in [0, 0.05) is 10.0 Å². The van der Waals surface area contributed by atoms with Crippen molar-refractivity contribution < 1.29 is 24.8 Å². The number of aliphatic hydroxyl groups is 3. The maximum Gasteiger partial charge on any atom is 0.161 e. The molecular formula is C11H15BrO5. The highest BCUT2D eigenvalue weighted by molar-refractivity contribution is 9.10. The molecule has 0 radical (unpaired) electrons. The summed E-state index contributed by atoms with van der Waals surface area (Å²) in [5, 5.41) is 28.0. The smallest absolute Gasteiger partial charge is 0.161 e. The Kier molecular flexibility index (Phi) is 5.20. The number of hydrogen-bond acceptors (Lipinski definition) is 5. The lowest BCUT2D eigenvalue weighted by Crippen LogP contribution is -2.22. The second-order valence-corrected chi connectivity index (χ2v) is 4.28. The third-order valence-corrected chi connectivity index (χ3v) is 3.06. The van der Waals surface area contributed by atoms with Crippen LogP contribution in [0.25, 0.3) is 0 Å². The predicted octanol–water partition coefficient (Wildman–Crippen LogP) is 0.853. The maximum absolute atomic E-state index is 9.82. The Morgan fingerprint density at radius 3 is 2.18 bits per heavy atom. The number of halogens is 1. The van der Waals surface area contributed by atoms with Crippen molar-refractivity contribution in [3.63, 3.8) is 0 Å². The predicted molar refractivity (Wildman–Crippen MR) is 65.3 cm³/mol. The van der Waals surface area contributed by atoms with Gasteiger partial charge >= 0.3 is 0 Å². The molecule has 5 nitrogen and oxygen atoms in total. The van der Waals surface area contributed by atoms with E-state index in [1.54, 1.807) is 12.1 Å². The first-order chi connectivity index (χ1) is 8.04. The largest absolute Gasteiger partial charge is 0.493 e. The molecule has 0 spiro atoms. The molecule has 0 saturated carbocycles. The first kappa shape index (κ1) is 14.2. The van der Waals surface area contributed by atoms with Crippen LogP contribution < -0.4 is 9.47 Å². The Morgan fingerprint density at radius 1 is 1.18 bits per heavy atom. The summed E-state index contributed by atoms with van der Waals surface area (Å²) in [6.45, 7) is -0.526. The van der Waals surface area contributed by atoms with Crippen molar-refractivity contribution in [1.82, 2.24) is 0 Å². The van der Waals surface area contributed by atoms with E-state index in [2.05, 4.69) is 15.9 Å². The minimum Gasteiger partial charge on any atom is -0.493 e. The van der Waals surface area contributed by atoms with Crippen LogP contribution in [-0.2, 0) is 0 Å². The topological polar surface area (TPSA) is 79.2 Å². The third-order valence-electron chi connectivity index (χ3n) is 2.37. The molecular weight excluding hydrogens is 292 g/mol. The van der Waals surface area contributed by atoms with Crippen LogP contribution in [0.5, 0.6) is 11.5 Å². The molecule has 2 atom stereocenters. The zero-order valence-electron chi connectivity index (χ0n) is 9.55. The third kappa shape index (κ3) is 3.10. The Morgan fingerprint density at radius 2 is 1.71 bits per heavy atom. The van der Waals surface area contributed by atoms with Gasteiger partial charge in [0.1, 0.15) is 12.2 Å². The highest BCUT2D eigenvalue weighted by Gasteiger charge is 2.22. The van der Waals surface area contributed by atoms with Crippen LogP contribution in [0.15, 0.2) is 16.6 Å². The Balaban J connectivity index is 3.16. The lowest BCUT2D eigenvalue weighted by Gasteiger charge is -2.19. The standard InChI is InChI=1S/C11H15BrO5/c1-16-9-3-6(11(15)8(14)5-13)7(12)4-10(9)17-2/h3-4,8,11,13-15H,5H2,1-2H3. The Hall–Kier alpha value is -0.820. The summed E-state index contributed by atoms with van der Waals surface area (Å²) >= 11 is 3.26. The van der Waals surface area contributed by atoms with E-state index < -0.39 is 18.8 Å². The molecule has 0 bridgehead atoms. The van der Waals surface area contributed by atoms with Crippen LogP contribution in [0.4, 0.5) is 0 Å². The van der Waals surface area contributed by atoms with Crippen LogP contribution in [0.3, 0.4) is 0 Å². The van der Waals surface area contributed by atoms with E-state index in [0.717, 1.165) is 0 Å². The Labute approximate surface area is 108 Å². The first-order valence-corrected chi connectivity index (χ1v) is 5.72. The van der Waals surface area contributed by atoms with Gasteiger partial charge in [-0.2, -0.15) is 0 Å². The summed E-state index contributed by atoms with van der Waals surface area (Å²) < 4.78 is 10.7. The van der Waals surface area contributed by atoms with Crippen LogP contribution in [0.2, 0.25) is 0 Å². The van der Waals surface area contributed by atoms with Crippen molar-refractivity contribution in [2.75, 3.05) is 20.8 Å². The van der Waals surface area contributed by atoms with Crippen molar-refractivity contribution in [2.24, 2.45) is 0 Å². The van der Waals surface area contributed by atoms with E-state index in [9.17, 15) is 10.2 Å². The van der Waals surface area contributed by atoms with Crippen molar-refractivity contribution in [1.29, 1.82) is 0 Å². The van der Waals surface area contributed by atoms with Crippen molar-refractivity contribution >= 4 is 15.9 Å². The molecule has 0 fully saturated rings. The van der Waals surface area contributed by atoms with E-state index in [4.69, 9.17) is 14.6 Å². The summed E-state index contributed by atoms with van der Waals surface area (Å²) in [5.41, 5.74) is 0.421. The molecule has 6 heteroatoms. The number of methoxy groups -OCH3 is 2. The van der Waals surface area contributed by atoms with Crippen molar-refractivity contribution in [3.05, 3.63) is 22.2 Å². The molecule has 0 amide bonds. The number of rotatable bonds is 5. The molecule has 0 aliphatic carbocycles. The van der Waals surface area contributed by atoms with Gasteiger partial charge in [0.15, 0.2) is 11.5 Å². The molecule has 1 aromatic rings. The van der Waals surface area contributed by atoms with Gasteiger partial charge in [-0.05, 0) is 12.1 Å². The van der Waals surface area contributed by atoms with E-state index in [1.807, 2.05) is 0 Å². The number of ether oxygens (including phenoxy) is 2. The SMILES string of the molecule is COc1cc(Br)c(C(O)C(O)CO)cc1OC. The zero-order chi connectivity index (χ0) is 13.0. The average Bonchev–Trinajstić information content (AvgIpc) is 2.36. The summed E-state index contributed by atoms with van der Waals surface area (Å²) in [6.07, 6.45) is -2.45. The van der Waals surface area contributed by atoms with Gasteiger partial charge < -0.3 is 24.8 Å². The monoisotopic (exact) mass is 306 g/mol. The van der Waals surface area contributed by atoms with Crippen LogP contribution >= 0.6 is 15.9 Å². The molecule has 0 aromatic heterocycles. The lowest BCUT2D eigenvalue weighted by molar-refractivity contribution is -0.0156. The van der Waals surface area contributed by atoms with E-state index >= 15 is 0 Å². The van der Waals surface area contributed by atoms with E-state index in [-0.39, 0.29) is 0 Å². The normalized spacial score (nSPS) is 14.2. The average molecular weight is 307 g/mol. The highest BCUT2D eigenvalue weighted by Crippen LogP contribution is 2.36. The maximum atomic E-state index is 9.82. The summed E-state index contributed by atoms with van der Waals surface area (Å²) in [6, 6.07) is 3.17. The highest BCUT2D eigenvalue weighted by atomic mass is 79.9. The van der Waals surface area contributed by atoms with E-state index in [1.165, 1.54) is 14.2 Å². The Bertz CT molecular complexity index is 382. The number of hydrogen-bond donors (Lipinski definition) is 3. The molecule has 17 heavy (non-hydrogen) atoms. The first-order valence-electron chi connectivity index (χ1n) is 4.93. The number of aliphatic hydroxyl groups excluding tert-OH is 3. The lowest BCUT2D eigenvalue weighted by atomic mass is 10.0. The minimum atomic E-state index is -1.25. The van der Waals surface area contributed by atoms with Crippen molar-refractivity contribution in [3.8, 4) is 11.5 Å². The van der Waals surface area contributed by atoms with Gasteiger partial charge in [0.2, 0.25) is 0 Å². The molecule has 0 aliphatic heterocycles. The van der Waals surface area contributed by atoms with Gasteiger partial charge in [0.05, 0.1) is 20.8 Å². The second kappa shape index (κ2) is 6.20. The quantitative estimate of drug-likeness (QED) is 0.752. The molecule has 96 valence electrons. The van der Waals surface area contributed by atoms with Gasteiger partial charge in [-0.15, -0.1) is 0 Å². The minimum absolute atomic E-state index is 0.421. The summed E-state index contributed by atoms with van der Waals surface area (Å²) in [7, 11) is 2.98. The van der Waals surface area contributed by atoms with Crippen LogP contribution in [0.1, 0.15) is 11.7 Å². The molecule has 3 N–H and O–H groups in total. The zero-order valence-corrected chi connectivity index (χ0v) is 11.1. The van der Waals surface area contributed by atoms with Gasteiger partial charge in [-0.25, -0.2) is 0 Å². The number of benzene rings is 1. The molecule has 1 rings (SSSR count). The van der Waals surface area contributed by atoms with Gasteiger partial charge in [-0.1, -0.05) is 15.9 Å². The summed E-state index contributed by atoms with van der Waals surface area (Å²) in [4.78, 5) is 0. The fourth-order valence-electron chi connectivity index (χ4n) is 1.40. The molecule has 0 aliphatic rings. The van der Waals surface area contributed by atoms with Gasteiger partial charge in [-0.3, -0.25) is 0 Å². The molecule has 2 unspecified atom stereocenters. The van der Waals surface area contributed by atoms with E-state index in [0.29, 0.717) is 21.5 Å². The second-order valence-electron chi connectivity index (χ2n) is 3.42. The molecule has 1 aromatic carbocycles. The summed E-state index contributed by atoms with van der Waals surface area (Å²) in [5.74, 6) is 0.948. The fourth-order valence-corrected chi connectivity index (χ4v) is 1.96. The molecule has 0 saturated heterocycles. The molecule has 0 heterocycles. The van der Waals surface area contributed by atoms with Gasteiger partial charge in [0.25, 0.3) is 0 Å². The van der Waals surface area contributed by atoms with Crippen LogP contribution in [0, 0.1) is 0 Å².